The summed E-state index contributed by atoms with van der Waals surface area (Å²) >= 11 is 0. The van der Waals surface area contributed by atoms with Crippen LogP contribution in [-0.4, -0.2) is 75.3 Å². The van der Waals surface area contributed by atoms with Crippen molar-refractivity contribution < 1.29 is 9.53 Å². The van der Waals surface area contributed by atoms with E-state index in [4.69, 9.17) is 4.74 Å². The largest absolute Gasteiger partial charge is 0.381 e. The Balaban J connectivity index is 1.50. The number of pyridine rings is 1. The topological polar surface area (TPSA) is 87.2 Å². The summed E-state index contributed by atoms with van der Waals surface area (Å²) in [7, 11) is 0. The zero-order chi connectivity index (χ0) is 19.3. The van der Waals surface area contributed by atoms with Gasteiger partial charge in [0.15, 0.2) is 5.82 Å². The Morgan fingerprint density at radius 2 is 2.11 bits per heavy atom. The fraction of sp³-hybridized carbons (Fsp3) is 0.600. The van der Waals surface area contributed by atoms with Gasteiger partial charge >= 0.3 is 0 Å². The number of carbonyl (C=O) groups is 1. The SMILES string of the molecule is Cc1nc(C2CCN(C(=O)c3cccnc3)CCN2CC2CCOCC2)n[nH]1. The molecule has 8 nitrogen and oxygen atoms in total. The molecule has 4 rings (SSSR count). The van der Waals surface area contributed by atoms with Crippen LogP contribution in [0.25, 0.3) is 0 Å². The quantitative estimate of drug-likeness (QED) is 0.865. The maximum atomic E-state index is 12.9. The lowest BCUT2D eigenvalue weighted by atomic mass is 9.98. The van der Waals surface area contributed by atoms with E-state index in [0.29, 0.717) is 24.6 Å². The number of ether oxygens (including phenoxy) is 1. The van der Waals surface area contributed by atoms with Gasteiger partial charge in [-0.2, -0.15) is 5.10 Å². The molecule has 28 heavy (non-hydrogen) atoms. The third-order valence-corrected chi connectivity index (χ3v) is 5.71. The molecule has 1 atom stereocenters. The summed E-state index contributed by atoms with van der Waals surface area (Å²) in [5.41, 5.74) is 0.644. The minimum atomic E-state index is 0.0472. The smallest absolute Gasteiger partial charge is 0.255 e. The van der Waals surface area contributed by atoms with Gasteiger partial charge in [-0.1, -0.05) is 0 Å². The van der Waals surface area contributed by atoms with Gasteiger partial charge in [0.25, 0.3) is 5.91 Å². The van der Waals surface area contributed by atoms with Crippen molar-refractivity contribution in [3.8, 4) is 0 Å². The predicted octanol–water partition coefficient (Wildman–Crippen LogP) is 1.82. The van der Waals surface area contributed by atoms with Crippen molar-refractivity contribution in [2.75, 3.05) is 39.4 Å². The normalized spacial score (nSPS) is 22.2. The van der Waals surface area contributed by atoms with Crippen LogP contribution in [0.3, 0.4) is 0 Å². The van der Waals surface area contributed by atoms with Crippen molar-refractivity contribution in [2.24, 2.45) is 5.92 Å². The highest BCUT2D eigenvalue weighted by Crippen LogP contribution is 2.28. The molecule has 0 saturated carbocycles. The molecule has 4 heterocycles. The van der Waals surface area contributed by atoms with Crippen LogP contribution in [0, 0.1) is 12.8 Å². The third kappa shape index (κ3) is 4.39. The second-order valence-electron chi connectivity index (χ2n) is 7.67. The van der Waals surface area contributed by atoms with E-state index in [1.165, 1.54) is 0 Å². The standard InChI is InChI=1S/C20H28N6O2/c1-15-22-19(24-23-15)18-4-8-25(20(27)17-3-2-7-21-13-17)9-10-26(18)14-16-5-11-28-12-6-16/h2-3,7,13,16,18H,4-6,8-12,14H2,1H3,(H,22,23,24). The number of hydrogen-bond acceptors (Lipinski definition) is 6. The van der Waals surface area contributed by atoms with Crippen molar-refractivity contribution in [3.05, 3.63) is 41.7 Å². The Hall–Kier alpha value is -2.32. The van der Waals surface area contributed by atoms with E-state index in [0.717, 1.165) is 57.2 Å². The molecule has 1 unspecified atom stereocenters. The van der Waals surface area contributed by atoms with Gasteiger partial charge in [0, 0.05) is 51.8 Å². The fourth-order valence-electron chi connectivity index (χ4n) is 4.13. The number of aryl methyl sites for hydroxylation is 1. The first-order chi connectivity index (χ1) is 13.7. The molecule has 1 amide bonds. The molecular weight excluding hydrogens is 356 g/mol. The average molecular weight is 384 g/mol. The van der Waals surface area contributed by atoms with Gasteiger partial charge in [-0.25, -0.2) is 4.98 Å². The number of aromatic nitrogens is 4. The second kappa shape index (κ2) is 8.79. The van der Waals surface area contributed by atoms with Crippen LogP contribution in [0.15, 0.2) is 24.5 Å². The Morgan fingerprint density at radius 1 is 1.25 bits per heavy atom. The third-order valence-electron chi connectivity index (χ3n) is 5.71. The first-order valence-corrected chi connectivity index (χ1v) is 10.1. The molecule has 2 aromatic rings. The number of nitrogens with zero attached hydrogens (tertiary/aromatic N) is 5. The zero-order valence-corrected chi connectivity index (χ0v) is 16.4. The average Bonchev–Trinajstić information content (AvgIpc) is 3.05. The minimum Gasteiger partial charge on any atom is -0.381 e. The van der Waals surface area contributed by atoms with E-state index in [9.17, 15) is 4.79 Å². The van der Waals surface area contributed by atoms with Crippen LogP contribution in [0.1, 0.15) is 47.3 Å². The van der Waals surface area contributed by atoms with Crippen molar-refractivity contribution in [1.29, 1.82) is 0 Å². The summed E-state index contributed by atoms with van der Waals surface area (Å²) in [6.07, 6.45) is 6.34. The fourth-order valence-corrected chi connectivity index (χ4v) is 4.13. The van der Waals surface area contributed by atoms with Crippen LogP contribution in [0.4, 0.5) is 0 Å². The number of H-pyrrole nitrogens is 1. The minimum absolute atomic E-state index is 0.0472. The molecule has 0 spiro atoms. The summed E-state index contributed by atoms with van der Waals surface area (Å²) in [6.45, 7) is 6.82. The maximum absolute atomic E-state index is 12.9. The van der Waals surface area contributed by atoms with E-state index in [-0.39, 0.29) is 11.9 Å². The van der Waals surface area contributed by atoms with Gasteiger partial charge in [-0.15, -0.1) is 0 Å². The van der Waals surface area contributed by atoms with Crippen LogP contribution in [0.2, 0.25) is 0 Å². The van der Waals surface area contributed by atoms with Crippen molar-refractivity contribution >= 4 is 5.91 Å². The van der Waals surface area contributed by atoms with Gasteiger partial charge < -0.3 is 9.64 Å². The summed E-state index contributed by atoms with van der Waals surface area (Å²) in [4.78, 5) is 26.0. The van der Waals surface area contributed by atoms with Crippen LogP contribution in [0.5, 0.6) is 0 Å². The number of nitrogens with one attached hydrogen (secondary N) is 1. The monoisotopic (exact) mass is 384 g/mol. The molecule has 150 valence electrons. The number of amides is 1. The molecule has 8 heteroatoms. The highest BCUT2D eigenvalue weighted by Gasteiger charge is 2.32. The Bertz CT molecular complexity index is 774. The molecule has 2 aliphatic rings. The summed E-state index contributed by atoms with van der Waals surface area (Å²) < 4.78 is 5.52. The van der Waals surface area contributed by atoms with E-state index >= 15 is 0 Å². The number of carbonyl (C=O) groups excluding carboxylic acids is 1. The Labute approximate surface area is 165 Å². The lowest BCUT2D eigenvalue weighted by Gasteiger charge is -2.32. The van der Waals surface area contributed by atoms with Crippen LogP contribution < -0.4 is 0 Å². The van der Waals surface area contributed by atoms with Gasteiger partial charge in [-0.05, 0) is 44.2 Å². The number of rotatable bonds is 4. The first-order valence-electron chi connectivity index (χ1n) is 10.1. The highest BCUT2D eigenvalue weighted by molar-refractivity contribution is 5.93. The van der Waals surface area contributed by atoms with Gasteiger partial charge in [-0.3, -0.25) is 19.8 Å². The van der Waals surface area contributed by atoms with E-state index < -0.39 is 0 Å². The molecule has 2 aliphatic heterocycles. The Morgan fingerprint density at radius 3 is 2.82 bits per heavy atom. The summed E-state index contributed by atoms with van der Waals surface area (Å²) in [5.74, 6) is 2.33. The molecular formula is C20H28N6O2. The highest BCUT2D eigenvalue weighted by atomic mass is 16.5. The second-order valence-corrected chi connectivity index (χ2v) is 7.67. The first kappa shape index (κ1) is 19.0. The Kier molecular flexibility index (Phi) is 5.97. The lowest BCUT2D eigenvalue weighted by molar-refractivity contribution is 0.0450. The van der Waals surface area contributed by atoms with Gasteiger partial charge in [0.05, 0.1) is 11.6 Å². The van der Waals surface area contributed by atoms with Crippen molar-refractivity contribution in [2.45, 2.75) is 32.2 Å². The zero-order valence-electron chi connectivity index (χ0n) is 16.4. The molecule has 0 aliphatic carbocycles. The van der Waals surface area contributed by atoms with Gasteiger partial charge in [0.2, 0.25) is 0 Å². The van der Waals surface area contributed by atoms with Gasteiger partial charge in [0.1, 0.15) is 5.82 Å². The van der Waals surface area contributed by atoms with E-state index in [1.807, 2.05) is 24.0 Å². The molecule has 2 fully saturated rings. The molecule has 0 radical (unpaired) electrons. The maximum Gasteiger partial charge on any atom is 0.255 e. The molecule has 2 aromatic heterocycles. The lowest BCUT2D eigenvalue weighted by Crippen LogP contribution is -2.38. The molecule has 0 aromatic carbocycles. The van der Waals surface area contributed by atoms with E-state index in [2.05, 4.69) is 25.1 Å². The molecule has 0 bridgehead atoms. The molecule has 2 saturated heterocycles. The van der Waals surface area contributed by atoms with Crippen molar-refractivity contribution in [1.82, 2.24) is 30.0 Å². The van der Waals surface area contributed by atoms with E-state index in [1.54, 1.807) is 12.4 Å². The van der Waals surface area contributed by atoms with Crippen molar-refractivity contribution in [3.63, 3.8) is 0 Å². The number of hydrogen-bond donors (Lipinski definition) is 1. The number of aromatic amines is 1. The molecule has 1 N–H and O–H groups in total. The van der Waals surface area contributed by atoms with Crippen LogP contribution in [-0.2, 0) is 4.74 Å². The summed E-state index contributed by atoms with van der Waals surface area (Å²) in [5, 5.41) is 7.41. The summed E-state index contributed by atoms with van der Waals surface area (Å²) in [6, 6.07) is 3.76. The predicted molar refractivity (Wildman–Crippen MR) is 104 cm³/mol. The van der Waals surface area contributed by atoms with Crippen LogP contribution >= 0.6 is 0 Å².